The molecule has 11 heavy (non-hydrogen) atoms. The van der Waals surface area contributed by atoms with Gasteiger partial charge < -0.3 is 4.74 Å². The van der Waals surface area contributed by atoms with Gasteiger partial charge in [0.2, 0.25) is 0 Å². The summed E-state index contributed by atoms with van der Waals surface area (Å²) in [5.41, 5.74) is 1.04. The molecule has 1 heterocycles. The Morgan fingerprint density at radius 2 is 2.27 bits per heavy atom. The second-order valence-electron chi connectivity index (χ2n) is 2.50. The minimum absolute atomic E-state index is 0.201. The molecule has 1 aliphatic rings. The Morgan fingerprint density at radius 3 is 2.82 bits per heavy atom. The molecule has 1 aliphatic heterocycles. The van der Waals surface area contributed by atoms with Crippen molar-refractivity contribution in [3.05, 3.63) is 34.1 Å². The Hall–Kier alpha value is -0.410. The molecule has 0 unspecified atom stereocenters. The summed E-state index contributed by atoms with van der Waals surface area (Å²) in [7, 11) is 0. The number of halogens is 2. The highest BCUT2D eigenvalue weighted by Crippen LogP contribution is 2.31. The molecule has 0 amide bonds. The summed E-state index contributed by atoms with van der Waals surface area (Å²) in [4.78, 5) is 0. The van der Waals surface area contributed by atoms with Gasteiger partial charge in [-0.05, 0) is 33.6 Å². The highest BCUT2D eigenvalue weighted by molar-refractivity contribution is 9.10. The second kappa shape index (κ2) is 2.57. The highest BCUT2D eigenvalue weighted by atomic mass is 79.9. The predicted molar refractivity (Wildman–Crippen MR) is 42.8 cm³/mol. The van der Waals surface area contributed by atoms with Crippen molar-refractivity contribution in [3.63, 3.8) is 0 Å². The first kappa shape index (κ1) is 7.25. The van der Waals surface area contributed by atoms with Crippen LogP contribution in [0.25, 0.3) is 0 Å². The van der Waals surface area contributed by atoms with Gasteiger partial charge in [-0.2, -0.15) is 0 Å². The van der Waals surface area contributed by atoms with Gasteiger partial charge in [0.25, 0.3) is 0 Å². The highest BCUT2D eigenvalue weighted by Gasteiger charge is 2.24. The van der Waals surface area contributed by atoms with E-state index in [4.69, 9.17) is 4.74 Å². The third-order valence-corrected chi connectivity index (χ3v) is 2.26. The Labute approximate surface area is 72.3 Å². The van der Waals surface area contributed by atoms with Crippen LogP contribution in [0.5, 0.6) is 0 Å². The van der Waals surface area contributed by atoms with Crippen LogP contribution in [0.1, 0.15) is 11.7 Å². The maximum Gasteiger partial charge on any atom is 0.137 e. The van der Waals surface area contributed by atoms with Gasteiger partial charge in [-0.25, -0.2) is 4.39 Å². The van der Waals surface area contributed by atoms with Gasteiger partial charge >= 0.3 is 0 Å². The van der Waals surface area contributed by atoms with E-state index in [1.807, 2.05) is 0 Å². The molecule has 2 rings (SSSR count). The first-order chi connectivity index (χ1) is 5.27. The van der Waals surface area contributed by atoms with Gasteiger partial charge in [0.05, 0.1) is 11.1 Å². The summed E-state index contributed by atoms with van der Waals surface area (Å²) in [6.45, 7) is 0.762. The average Bonchev–Trinajstić information content (AvgIpc) is 2.77. The van der Waals surface area contributed by atoms with Crippen molar-refractivity contribution in [1.82, 2.24) is 0 Å². The van der Waals surface area contributed by atoms with Gasteiger partial charge in [0, 0.05) is 0 Å². The molecular weight excluding hydrogens is 211 g/mol. The summed E-state index contributed by atoms with van der Waals surface area (Å²) in [6.07, 6.45) is 0.201. The lowest BCUT2D eigenvalue weighted by Crippen LogP contribution is -1.82. The number of hydrogen-bond donors (Lipinski definition) is 0. The Kier molecular flexibility index (Phi) is 1.69. The first-order valence-corrected chi connectivity index (χ1v) is 4.13. The van der Waals surface area contributed by atoms with Gasteiger partial charge in [-0.1, -0.05) is 6.07 Å². The maximum atomic E-state index is 12.7. The SMILES string of the molecule is Fc1ccc([C@H]2CO2)cc1Br. The largest absolute Gasteiger partial charge is 0.368 e. The van der Waals surface area contributed by atoms with Gasteiger partial charge in [-0.15, -0.1) is 0 Å². The van der Waals surface area contributed by atoms with E-state index >= 15 is 0 Å². The molecule has 1 saturated heterocycles. The minimum atomic E-state index is -0.227. The van der Waals surface area contributed by atoms with Crippen LogP contribution < -0.4 is 0 Å². The van der Waals surface area contributed by atoms with Gasteiger partial charge in [-0.3, -0.25) is 0 Å². The third kappa shape index (κ3) is 1.44. The molecule has 58 valence electrons. The van der Waals surface area contributed by atoms with Crippen molar-refractivity contribution in [2.24, 2.45) is 0 Å². The van der Waals surface area contributed by atoms with Crippen molar-refractivity contribution in [2.75, 3.05) is 6.61 Å². The van der Waals surface area contributed by atoms with Crippen molar-refractivity contribution < 1.29 is 9.13 Å². The van der Waals surface area contributed by atoms with E-state index in [9.17, 15) is 4.39 Å². The van der Waals surface area contributed by atoms with Crippen LogP contribution in [0.15, 0.2) is 22.7 Å². The van der Waals surface area contributed by atoms with E-state index in [1.165, 1.54) is 6.07 Å². The quantitative estimate of drug-likeness (QED) is 0.658. The number of hydrogen-bond acceptors (Lipinski definition) is 1. The van der Waals surface area contributed by atoms with E-state index in [2.05, 4.69) is 15.9 Å². The molecule has 0 aromatic heterocycles. The summed E-state index contributed by atoms with van der Waals surface area (Å²) >= 11 is 3.11. The molecule has 0 radical (unpaired) electrons. The first-order valence-electron chi connectivity index (χ1n) is 3.34. The van der Waals surface area contributed by atoms with E-state index < -0.39 is 0 Å². The second-order valence-corrected chi connectivity index (χ2v) is 3.35. The summed E-state index contributed by atoms with van der Waals surface area (Å²) in [5.74, 6) is -0.227. The smallest absolute Gasteiger partial charge is 0.137 e. The van der Waals surface area contributed by atoms with Crippen molar-refractivity contribution in [2.45, 2.75) is 6.10 Å². The summed E-state index contributed by atoms with van der Waals surface area (Å²) in [6, 6.07) is 4.95. The summed E-state index contributed by atoms with van der Waals surface area (Å²) < 4.78 is 18.2. The topological polar surface area (TPSA) is 12.5 Å². The van der Waals surface area contributed by atoms with Crippen LogP contribution in [0.3, 0.4) is 0 Å². The standard InChI is InChI=1S/C8H6BrFO/c9-6-3-5(8-4-11-8)1-2-7(6)10/h1-3,8H,4H2/t8-/m1/s1. The normalized spacial score (nSPS) is 21.8. The fraction of sp³-hybridized carbons (Fsp3) is 0.250. The molecule has 1 aromatic rings. The molecule has 1 atom stereocenters. The molecule has 1 fully saturated rings. The lowest BCUT2D eigenvalue weighted by atomic mass is 10.2. The summed E-state index contributed by atoms with van der Waals surface area (Å²) in [5, 5.41) is 0. The van der Waals surface area contributed by atoms with E-state index in [1.54, 1.807) is 12.1 Å². The third-order valence-electron chi connectivity index (χ3n) is 1.65. The van der Waals surface area contributed by atoms with Gasteiger partial charge in [0.15, 0.2) is 0 Å². The minimum Gasteiger partial charge on any atom is -0.368 e. The Balaban J connectivity index is 2.36. The Bertz CT molecular complexity index is 283. The lowest BCUT2D eigenvalue weighted by Gasteiger charge is -1.96. The number of rotatable bonds is 1. The molecule has 1 aromatic carbocycles. The monoisotopic (exact) mass is 216 g/mol. The number of epoxide rings is 1. The van der Waals surface area contributed by atoms with Crippen LogP contribution in [0.4, 0.5) is 4.39 Å². The zero-order chi connectivity index (χ0) is 7.84. The lowest BCUT2D eigenvalue weighted by molar-refractivity contribution is 0.415. The molecule has 0 aliphatic carbocycles. The van der Waals surface area contributed by atoms with Crippen molar-refractivity contribution in [1.29, 1.82) is 0 Å². The molecule has 0 spiro atoms. The van der Waals surface area contributed by atoms with E-state index in [0.717, 1.165) is 12.2 Å². The van der Waals surface area contributed by atoms with Gasteiger partial charge in [0.1, 0.15) is 11.9 Å². The van der Waals surface area contributed by atoms with Crippen LogP contribution in [-0.2, 0) is 4.74 Å². The van der Waals surface area contributed by atoms with Crippen LogP contribution in [0.2, 0.25) is 0 Å². The average molecular weight is 217 g/mol. The van der Waals surface area contributed by atoms with Crippen LogP contribution >= 0.6 is 15.9 Å². The number of ether oxygens (including phenoxy) is 1. The maximum absolute atomic E-state index is 12.7. The van der Waals surface area contributed by atoms with Crippen molar-refractivity contribution in [3.8, 4) is 0 Å². The van der Waals surface area contributed by atoms with Crippen LogP contribution in [0, 0.1) is 5.82 Å². The molecule has 1 nitrogen and oxygen atoms in total. The van der Waals surface area contributed by atoms with Crippen LogP contribution in [-0.4, -0.2) is 6.61 Å². The molecule has 0 saturated carbocycles. The number of benzene rings is 1. The molecule has 3 heteroatoms. The fourth-order valence-electron chi connectivity index (χ4n) is 0.953. The van der Waals surface area contributed by atoms with E-state index in [-0.39, 0.29) is 11.9 Å². The predicted octanol–water partition coefficient (Wildman–Crippen LogP) is 2.66. The zero-order valence-corrected chi connectivity index (χ0v) is 7.27. The molecule has 0 bridgehead atoms. The van der Waals surface area contributed by atoms with Crippen molar-refractivity contribution >= 4 is 15.9 Å². The zero-order valence-electron chi connectivity index (χ0n) is 5.68. The van der Waals surface area contributed by atoms with E-state index in [0.29, 0.717) is 4.47 Å². The Morgan fingerprint density at radius 1 is 1.55 bits per heavy atom. The fourth-order valence-corrected chi connectivity index (χ4v) is 1.35. The molecular formula is C8H6BrFO. The molecule has 0 N–H and O–H groups in total.